The number of amides is 1. The third kappa shape index (κ3) is 4.34. The molecule has 0 aliphatic carbocycles. The van der Waals surface area contributed by atoms with Crippen LogP contribution in [0, 0.1) is 24.1 Å². The first kappa shape index (κ1) is 24.3. The van der Waals surface area contributed by atoms with E-state index < -0.39 is 40.6 Å². The van der Waals surface area contributed by atoms with Crippen LogP contribution < -0.4 is 10.9 Å². The fourth-order valence-corrected chi connectivity index (χ4v) is 4.10. The van der Waals surface area contributed by atoms with Gasteiger partial charge in [-0.15, -0.1) is 0 Å². The van der Waals surface area contributed by atoms with E-state index in [0.29, 0.717) is 11.3 Å². The molecule has 4 rings (SSSR count). The molecule has 2 unspecified atom stereocenters. The molecule has 4 aromatic rings. The van der Waals surface area contributed by atoms with Crippen molar-refractivity contribution in [1.82, 2.24) is 24.5 Å². The molecule has 184 valence electrons. The minimum atomic E-state index is -0.851. The summed E-state index contributed by atoms with van der Waals surface area (Å²) in [5, 5.41) is 30.6. The maximum Gasteiger partial charge on any atom is 0.296 e. The molecule has 0 saturated heterocycles. The van der Waals surface area contributed by atoms with Crippen molar-refractivity contribution in [2.45, 2.75) is 25.7 Å². The number of aromatic hydroxyl groups is 1. The Bertz CT molecular complexity index is 1530. The number of aryl methyl sites for hydroxylation is 2. The van der Waals surface area contributed by atoms with Gasteiger partial charge < -0.3 is 14.9 Å². The van der Waals surface area contributed by atoms with Crippen molar-refractivity contribution in [3.05, 3.63) is 86.9 Å². The Morgan fingerprint density at radius 2 is 2.06 bits per heavy atom. The normalized spacial score (nSPS) is 12.7. The summed E-state index contributed by atoms with van der Waals surface area (Å²) in [6.45, 7) is 3.57. The number of nitrogens with one attached hydrogen (secondary N) is 1. The van der Waals surface area contributed by atoms with Crippen molar-refractivity contribution in [2.24, 2.45) is 14.1 Å². The van der Waals surface area contributed by atoms with Crippen LogP contribution in [0.1, 0.15) is 57.6 Å². The third-order valence-electron chi connectivity index (χ3n) is 6.03. The van der Waals surface area contributed by atoms with Crippen LogP contribution in [-0.4, -0.2) is 35.5 Å². The number of rotatable bonds is 6. The number of nitrogens with zero attached hydrogens (tertiary/aromatic N) is 6. The summed E-state index contributed by atoms with van der Waals surface area (Å²) in [5.41, 5.74) is 0.763. The Labute approximate surface area is 204 Å². The van der Waals surface area contributed by atoms with E-state index in [0.717, 1.165) is 10.3 Å². The molecule has 3 heterocycles. The van der Waals surface area contributed by atoms with E-state index >= 15 is 0 Å². The molecule has 0 radical (unpaired) electrons. The Hall–Kier alpha value is -4.79. The van der Waals surface area contributed by atoms with Crippen molar-refractivity contribution >= 4 is 11.6 Å². The van der Waals surface area contributed by atoms with Gasteiger partial charge in [-0.2, -0.15) is 10.4 Å². The molecular weight excluding hydrogens is 469 g/mol. The molecule has 36 heavy (non-hydrogen) atoms. The first-order valence-corrected chi connectivity index (χ1v) is 10.8. The monoisotopic (exact) mass is 491 g/mol. The zero-order chi connectivity index (χ0) is 26.1. The molecule has 2 atom stereocenters. The highest BCUT2D eigenvalue weighted by Crippen LogP contribution is 2.39. The van der Waals surface area contributed by atoms with E-state index in [-0.39, 0.29) is 17.1 Å². The molecule has 2 N–H and O–H groups in total. The maximum atomic E-state index is 14.4. The second kappa shape index (κ2) is 9.46. The van der Waals surface area contributed by atoms with Crippen molar-refractivity contribution in [3.8, 4) is 11.8 Å². The lowest BCUT2D eigenvalue weighted by Gasteiger charge is -2.25. The Balaban J connectivity index is 1.89. The van der Waals surface area contributed by atoms with E-state index in [1.54, 1.807) is 24.7 Å². The molecule has 0 spiro atoms. The number of nitriles is 1. The highest BCUT2D eigenvalue weighted by molar-refractivity contribution is 6.04. The van der Waals surface area contributed by atoms with E-state index in [1.807, 2.05) is 6.92 Å². The van der Waals surface area contributed by atoms with Crippen molar-refractivity contribution < 1.29 is 18.8 Å². The highest BCUT2D eigenvalue weighted by atomic mass is 19.1. The SMILES string of the molecule is Cc1cc(C(c2cc(F)ccc2C#N)C(C)c2nc(C(=O)Nc3cnoc3)c(O)c(=O)n2C)nn1C. The molecule has 0 bridgehead atoms. The molecule has 0 fully saturated rings. The van der Waals surface area contributed by atoms with Crippen LogP contribution in [-0.2, 0) is 14.1 Å². The average Bonchev–Trinajstić information content (AvgIpc) is 3.47. The van der Waals surface area contributed by atoms with E-state index in [1.165, 1.54) is 37.7 Å². The van der Waals surface area contributed by atoms with Gasteiger partial charge in [-0.1, -0.05) is 12.1 Å². The van der Waals surface area contributed by atoms with Gasteiger partial charge in [-0.25, -0.2) is 9.37 Å². The molecule has 0 aliphatic rings. The minimum absolute atomic E-state index is 0.120. The molecule has 1 amide bonds. The van der Waals surface area contributed by atoms with Gasteiger partial charge in [-0.05, 0) is 36.8 Å². The van der Waals surface area contributed by atoms with Crippen LogP contribution in [0.2, 0.25) is 0 Å². The van der Waals surface area contributed by atoms with Crippen LogP contribution >= 0.6 is 0 Å². The molecule has 1 aromatic carbocycles. The summed E-state index contributed by atoms with van der Waals surface area (Å²) in [4.78, 5) is 30.0. The second-order valence-corrected chi connectivity index (χ2v) is 8.34. The van der Waals surface area contributed by atoms with Gasteiger partial charge in [-0.3, -0.25) is 18.8 Å². The highest BCUT2D eigenvalue weighted by Gasteiger charge is 2.32. The molecule has 3 aromatic heterocycles. The van der Waals surface area contributed by atoms with Gasteiger partial charge in [0.1, 0.15) is 23.6 Å². The first-order chi connectivity index (χ1) is 17.1. The van der Waals surface area contributed by atoms with Gasteiger partial charge in [0.2, 0.25) is 5.75 Å². The van der Waals surface area contributed by atoms with Crippen LogP contribution in [0.25, 0.3) is 0 Å². The lowest BCUT2D eigenvalue weighted by molar-refractivity contribution is 0.101. The zero-order valence-electron chi connectivity index (χ0n) is 19.9. The van der Waals surface area contributed by atoms with Crippen molar-refractivity contribution in [1.29, 1.82) is 5.26 Å². The van der Waals surface area contributed by atoms with Crippen molar-refractivity contribution in [3.63, 3.8) is 0 Å². The Kier molecular flexibility index (Phi) is 6.39. The minimum Gasteiger partial charge on any atom is -0.501 e. The van der Waals surface area contributed by atoms with Gasteiger partial charge in [0.25, 0.3) is 11.5 Å². The number of halogens is 1. The van der Waals surface area contributed by atoms with E-state index in [2.05, 4.69) is 31.1 Å². The standard InChI is InChI=1S/C24H22FN7O4/c1-12-7-18(30-32(12)4)19(17-8-15(25)6-5-14(17)9-26)13(2)22-29-20(21(33)24(35)31(22)3)23(34)28-16-10-27-36-11-16/h5-8,10-11,13,19,33H,1-4H3,(H,28,34). The lowest BCUT2D eigenvalue weighted by Crippen LogP contribution is -2.29. The summed E-state index contributed by atoms with van der Waals surface area (Å²) in [6, 6.07) is 7.70. The fraction of sp³-hybridized carbons (Fsp3) is 0.250. The molecular formula is C24H22FN7O4. The molecule has 11 nitrogen and oxygen atoms in total. The summed E-state index contributed by atoms with van der Waals surface area (Å²) < 4.78 is 21.8. The zero-order valence-corrected chi connectivity index (χ0v) is 19.9. The van der Waals surface area contributed by atoms with Crippen LogP contribution in [0.4, 0.5) is 10.1 Å². The fourth-order valence-electron chi connectivity index (χ4n) is 4.10. The predicted octanol–water partition coefficient (Wildman–Crippen LogP) is 2.71. The summed E-state index contributed by atoms with van der Waals surface area (Å²) in [6.07, 6.45) is 2.42. The molecule has 0 aliphatic heterocycles. The number of anilines is 1. The number of carbonyl (C=O) groups excluding carboxylic acids is 1. The van der Waals surface area contributed by atoms with Crippen LogP contribution in [0.3, 0.4) is 0 Å². The van der Waals surface area contributed by atoms with Gasteiger partial charge in [0.15, 0.2) is 5.69 Å². The summed E-state index contributed by atoms with van der Waals surface area (Å²) >= 11 is 0. The van der Waals surface area contributed by atoms with Crippen LogP contribution in [0.5, 0.6) is 5.75 Å². The topological polar surface area (TPSA) is 152 Å². The first-order valence-electron chi connectivity index (χ1n) is 10.8. The number of aromatic nitrogens is 5. The Morgan fingerprint density at radius 3 is 2.67 bits per heavy atom. The third-order valence-corrected chi connectivity index (χ3v) is 6.03. The summed E-state index contributed by atoms with van der Waals surface area (Å²) in [7, 11) is 3.15. The number of carbonyl (C=O) groups is 1. The van der Waals surface area contributed by atoms with Gasteiger partial charge in [0, 0.05) is 31.6 Å². The molecule has 0 saturated carbocycles. The number of benzene rings is 1. The number of hydrogen-bond donors (Lipinski definition) is 2. The molecule has 12 heteroatoms. The summed E-state index contributed by atoms with van der Waals surface area (Å²) in [5.74, 6) is -3.52. The second-order valence-electron chi connectivity index (χ2n) is 8.34. The van der Waals surface area contributed by atoms with E-state index in [9.17, 15) is 24.3 Å². The van der Waals surface area contributed by atoms with Crippen molar-refractivity contribution in [2.75, 3.05) is 5.32 Å². The smallest absolute Gasteiger partial charge is 0.296 e. The van der Waals surface area contributed by atoms with Gasteiger partial charge in [0.05, 0.1) is 23.5 Å². The quantitative estimate of drug-likeness (QED) is 0.418. The van der Waals surface area contributed by atoms with E-state index in [4.69, 9.17) is 0 Å². The largest absolute Gasteiger partial charge is 0.501 e. The Morgan fingerprint density at radius 1 is 1.31 bits per heavy atom. The van der Waals surface area contributed by atoms with Gasteiger partial charge >= 0.3 is 0 Å². The average molecular weight is 491 g/mol. The lowest BCUT2D eigenvalue weighted by atomic mass is 9.81. The maximum absolute atomic E-state index is 14.4. The number of hydrogen-bond acceptors (Lipinski definition) is 8. The van der Waals surface area contributed by atoms with Crippen LogP contribution in [0.15, 0.2) is 46.0 Å². The predicted molar refractivity (Wildman–Crippen MR) is 125 cm³/mol.